The summed E-state index contributed by atoms with van der Waals surface area (Å²) in [4.78, 5) is 20.0. The minimum atomic E-state index is 0.130. The average molecular weight is 512 g/mol. The first-order valence-corrected chi connectivity index (χ1v) is 13.7. The van der Waals surface area contributed by atoms with E-state index >= 15 is 0 Å². The molecule has 0 N–H and O–H groups in total. The Kier molecular flexibility index (Phi) is 8.16. The lowest BCUT2D eigenvalue weighted by atomic mass is 9.99. The van der Waals surface area contributed by atoms with Crippen LogP contribution < -0.4 is 4.74 Å². The fourth-order valence-electron chi connectivity index (χ4n) is 5.87. The number of amides is 1. The summed E-state index contributed by atoms with van der Waals surface area (Å²) >= 11 is 5.98. The van der Waals surface area contributed by atoms with Gasteiger partial charge in [0.25, 0.3) is 5.91 Å². The lowest BCUT2D eigenvalue weighted by molar-refractivity contribution is 0.0358. The standard InChI is InChI=1S/C29H38ClN3O3/c1-21-22(2)28(36-15-3-11-31-13-16-35-17-14-31)9-6-23(21)10-12-32-19-27-18-26(32)20-33(27)29(34)24-4-7-25(30)8-5-24/h4-9,26-27H,3,10-20H2,1-2H3/t26-,27+/m1/s1. The SMILES string of the molecule is Cc1c(CCN2C[C@@H]3C[C@@H]2CN3C(=O)c2ccc(Cl)cc2)ccc(OCCCN2CCOCC2)c1C. The Morgan fingerprint density at radius 3 is 2.50 bits per heavy atom. The number of piperazine rings is 1. The van der Waals surface area contributed by atoms with Gasteiger partial charge in [0.15, 0.2) is 0 Å². The maximum absolute atomic E-state index is 13.0. The zero-order valence-corrected chi connectivity index (χ0v) is 22.3. The van der Waals surface area contributed by atoms with Crippen molar-refractivity contribution < 1.29 is 14.3 Å². The minimum absolute atomic E-state index is 0.130. The second kappa shape index (κ2) is 11.5. The zero-order valence-electron chi connectivity index (χ0n) is 21.5. The summed E-state index contributed by atoms with van der Waals surface area (Å²) in [6.07, 6.45) is 3.14. The van der Waals surface area contributed by atoms with Crippen LogP contribution in [0.4, 0.5) is 0 Å². The van der Waals surface area contributed by atoms with E-state index in [9.17, 15) is 4.79 Å². The van der Waals surface area contributed by atoms with Gasteiger partial charge >= 0.3 is 0 Å². The van der Waals surface area contributed by atoms with Crippen molar-refractivity contribution in [3.63, 3.8) is 0 Å². The van der Waals surface area contributed by atoms with Crippen molar-refractivity contribution in [3.8, 4) is 5.75 Å². The molecule has 0 radical (unpaired) electrons. The Morgan fingerprint density at radius 2 is 1.78 bits per heavy atom. The highest BCUT2D eigenvalue weighted by Crippen LogP contribution is 2.33. The fraction of sp³-hybridized carbons (Fsp3) is 0.552. The van der Waals surface area contributed by atoms with E-state index in [1.807, 2.05) is 12.1 Å². The highest BCUT2D eigenvalue weighted by Gasteiger charge is 2.44. The second-order valence-corrected chi connectivity index (χ2v) is 10.8. The number of carbonyl (C=O) groups is 1. The summed E-state index contributed by atoms with van der Waals surface area (Å²) in [5, 5.41) is 0.662. The van der Waals surface area contributed by atoms with E-state index in [1.54, 1.807) is 12.1 Å². The van der Waals surface area contributed by atoms with Crippen LogP contribution in [0.5, 0.6) is 5.75 Å². The molecule has 3 saturated heterocycles. The van der Waals surface area contributed by atoms with Crippen molar-refractivity contribution in [2.24, 2.45) is 0 Å². The normalized spacial score (nSPS) is 22.4. The number of hydrogen-bond donors (Lipinski definition) is 0. The third kappa shape index (κ3) is 5.72. The Balaban J connectivity index is 1.09. The number of rotatable bonds is 9. The molecule has 2 aromatic rings. The number of halogens is 1. The Bertz CT molecular complexity index is 1050. The van der Waals surface area contributed by atoms with E-state index in [1.165, 1.54) is 16.7 Å². The number of nitrogens with zero attached hydrogens (tertiary/aromatic N) is 3. The van der Waals surface area contributed by atoms with Gasteiger partial charge in [0.05, 0.1) is 19.8 Å². The molecule has 0 saturated carbocycles. The zero-order chi connectivity index (χ0) is 25.1. The molecule has 0 spiro atoms. The monoisotopic (exact) mass is 511 g/mol. The minimum Gasteiger partial charge on any atom is -0.493 e. The van der Waals surface area contributed by atoms with Gasteiger partial charge in [-0.3, -0.25) is 14.6 Å². The van der Waals surface area contributed by atoms with Gasteiger partial charge < -0.3 is 14.4 Å². The number of benzene rings is 2. The number of likely N-dealkylation sites (tertiary alicyclic amines) is 2. The van der Waals surface area contributed by atoms with Crippen LogP contribution >= 0.6 is 11.6 Å². The summed E-state index contributed by atoms with van der Waals surface area (Å²) in [5.41, 5.74) is 4.71. The molecule has 3 heterocycles. The van der Waals surface area contributed by atoms with Gasteiger partial charge in [0.2, 0.25) is 0 Å². The van der Waals surface area contributed by atoms with Gasteiger partial charge in [-0.25, -0.2) is 0 Å². The summed E-state index contributed by atoms with van der Waals surface area (Å²) in [5.74, 6) is 1.14. The molecular formula is C29H38ClN3O3. The van der Waals surface area contributed by atoms with Gasteiger partial charge in [0, 0.05) is 61.9 Å². The highest BCUT2D eigenvalue weighted by molar-refractivity contribution is 6.30. The first kappa shape index (κ1) is 25.5. The predicted molar refractivity (Wildman–Crippen MR) is 143 cm³/mol. The predicted octanol–water partition coefficient (Wildman–Crippen LogP) is 4.20. The van der Waals surface area contributed by atoms with E-state index < -0.39 is 0 Å². The summed E-state index contributed by atoms with van der Waals surface area (Å²) in [6, 6.07) is 12.4. The number of ether oxygens (including phenoxy) is 2. The number of morpholine rings is 1. The molecule has 1 amide bonds. The van der Waals surface area contributed by atoms with Crippen molar-refractivity contribution in [1.29, 1.82) is 0 Å². The van der Waals surface area contributed by atoms with Crippen molar-refractivity contribution in [2.45, 2.75) is 45.2 Å². The molecule has 3 aliphatic rings. The van der Waals surface area contributed by atoms with Crippen molar-refractivity contribution in [3.05, 3.63) is 63.7 Å². The quantitative estimate of drug-likeness (QED) is 0.472. The third-order valence-corrected chi connectivity index (χ3v) is 8.46. The maximum Gasteiger partial charge on any atom is 0.254 e. The number of hydrogen-bond acceptors (Lipinski definition) is 5. The van der Waals surface area contributed by atoms with Gasteiger partial charge in [-0.05, 0) is 80.1 Å². The molecule has 0 aromatic heterocycles. The molecule has 3 aliphatic heterocycles. The van der Waals surface area contributed by atoms with Gasteiger partial charge in [-0.2, -0.15) is 0 Å². The van der Waals surface area contributed by atoms with E-state index in [2.05, 4.69) is 40.7 Å². The first-order chi connectivity index (χ1) is 17.5. The van der Waals surface area contributed by atoms with Gasteiger partial charge in [-0.15, -0.1) is 0 Å². The molecule has 0 unspecified atom stereocenters. The Morgan fingerprint density at radius 1 is 1.00 bits per heavy atom. The van der Waals surface area contributed by atoms with Crippen LogP contribution in [0, 0.1) is 13.8 Å². The van der Waals surface area contributed by atoms with Crippen LogP contribution in [0.25, 0.3) is 0 Å². The van der Waals surface area contributed by atoms with Crippen molar-refractivity contribution >= 4 is 17.5 Å². The summed E-state index contributed by atoms with van der Waals surface area (Å²) in [6.45, 7) is 12.8. The van der Waals surface area contributed by atoms with Gasteiger partial charge in [0.1, 0.15) is 5.75 Å². The van der Waals surface area contributed by atoms with Crippen LogP contribution in [0.15, 0.2) is 36.4 Å². The summed E-state index contributed by atoms with van der Waals surface area (Å²) < 4.78 is 11.6. The molecule has 6 nitrogen and oxygen atoms in total. The lowest BCUT2D eigenvalue weighted by Gasteiger charge is -2.34. The molecule has 5 rings (SSSR count). The number of carbonyl (C=O) groups excluding carboxylic acids is 1. The molecule has 7 heteroatoms. The van der Waals surface area contributed by atoms with Crippen LogP contribution in [-0.2, 0) is 11.2 Å². The Labute approximate surface area is 220 Å². The van der Waals surface area contributed by atoms with E-state index in [0.717, 1.165) is 89.7 Å². The largest absolute Gasteiger partial charge is 0.493 e. The number of fused-ring (bicyclic) bond motifs is 2. The molecule has 36 heavy (non-hydrogen) atoms. The third-order valence-electron chi connectivity index (χ3n) is 8.20. The molecule has 2 atom stereocenters. The van der Waals surface area contributed by atoms with Crippen molar-refractivity contribution in [2.75, 3.05) is 59.1 Å². The molecular weight excluding hydrogens is 474 g/mol. The topological polar surface area (TPSA) is 45.2 Å². The smallest absolute Gasteiger partial charge is 0.254 e. The van der Waals surface area contributed by atoms with Gasteiger partial charge in [-0.1, -0.05) is 17.7 Å². The molecule has 2 bridgehead atoms. The van der Waals surface area contributed by atoms with E-state index in [4.69, 9.17) is 21.1 Å². The highest BCUT2D eigenvalue weighted by atomic mass is 35.5. The molecule has 2 aromatic carbocycles. The van der Waals surface area contributed by atoms with Crippen LogP contribution in [0.1, 0.15) is 39.9 Å². The van der Waals surface area contributed by atoms with Crippen molar-refractivity contribution in [1.82, 2.24) is 14.7 Å². The van der Waals surface area contributed by atoms with E-state index in [-0.39, 0.29) is 5.91 Å². The molecule has 0 aliphatic carbocycles. The first-order valence-electron chi connectivity index (χ1n) is 13.3. The lowest BCUT2D eigenvalue weighted by Crippen LogP contribution is -2.49. The fourth-order valence-corrected chi connectivity index (χ4v) is 5.99. The van der Waals surface area contributed by atoms with Crippen LogP contribution in [0.3, 0.4) is 0 Å². The molecule has 3 fully saturated rings. The summed E-state index contributed by atoms with van der Waals surface area (Å²) in [7, 11) is 0. The molecule has 194 valence electrons. The second-order valence-electron chi connectivity index (χ2n) is 10.4. The Hall–Kier alpha value is -2.12. The average Bonchev–Trinajstić information content (AvgIpc) is 3.50. The maximum atomic E-state index is 13.0. The van der Waals surface area contributed by atoms with Crippen LogP contribution in [0.2, 0.25) is 5.02 Å². The van der Waals surface area contributed by atoms with E-state index in [0.29, 0.717) is 17.1 Å². The van der Waals surface area contributed by atoms with Crippen LogP contribution in [-0.4, -0.2) is 91.8 Å².